The van der Waals surface area contributed by atoms with Gasteiger partial charge in [-0.3, -0.25) is 14.4 Å². The van der Waals surface area contributed by atoms with Gasteiger partial charge in [0.2, 0.25) is 0 Å². The van der Waals surface area contributed by atoms with Crippen molar-refractivity contribution >= 4 is 28.5 Å². The molecule has 0 heterocycles. The van der Waals surface area contributed by atoms with Crippen LogP contribution in [0.4, 0.5) is 0 Å². The fraction of sp³-hybridized carbons (Fsp3) is 0.115. The molecule has 1 aliphatic carbocycles. The fourth-order valence-electron chi connectivity index (χ4n) is 4.18. The number of rotatable bonds is 4. The SMILES string of the molecule is CC(=O)c1cc2c(c(C(C)=O)c1C)C(=O)C(c1ccccc1)=C2c1ccccc1. The molecule has 29 heavy (non-hydrogen) atoms. The van der Waals surface area contributed by atoms with Gasteiger partial charge in [0.1, 0.15) is 0 Å². The third-order valence-electron chi connectivity index (χ3n) is 5.42. The Morgan fingerprint density at radius 1 is 0.724 bits per heavy atom. The molecule has 0 radical (unpaired) electrons. The van der Waals surface area contributed by atoms with Gasteiger partial charge in [0.25, 0.3) is 0 Å². The first-order chi connectivity index (χ1) is 13.9. The van der Waals surface area contributed by atoms with E-state index in [0.717, 1.165) is 16.7 Å². The summed E-state index contributed by atoms with van der Waals surface area (Å²) < 4.78 is 0. The summed E-state index contributed by atoms with van der Waals surface area (Å²) in [6, 6.07) is 20.9. The van der Waals surface area contributed by atoms with Gasteiger partial charge in [0.15, 0.2) is 17.3 Å². The maximum absolute atomic E-state index is 13.6. The number of carbonyl (C=O) groups is 3. The van der Waals surface area contributed by atoms with E-state index in [4.69, 9.17) is 0 Å². The highest BCUT2D eigenvalue weighted by atomic mass is 16.1. The molecule has 0 bridgehead atoms. The van der Waals surface area contributed by atoms with Crippen LogP contribution in [0.1, 0.15) is 67.2 Å². The molecule has 0 saturated carbocycles. The van der Waals surface area contributed by atoms with E-state index in [2.05, 4.69) is 0 Å². The number of allylic oxidation sites excluding steroid dienone is 1. The van der Waals surface area contributed by atoms with Crippen LogP contribution in [0.3, 0.4) is 0 Å². The Kier molecular flexibility index (Phi) is 4.59. The zero-order valence-corrected chi connectivity index (χ0v) is 16.6. The van der Waals surface area contributed by atoms with E-state index in [0.29, 0.717) is 33.4 Å². The minimum Gasteiger partial charge on any atom is -0.295 e. The van der Waals surface area contributed by atoms with Crippen LogP contribution in [0.2, 0.25) is 0 Å². The molecule has 0 aromatic heterocycles. The molecule has 3 heteroatoms. The summed E-state index contributed by atoms with van der Waals surface area (Å²) in [5, 5.41) is 0. The average molecular weight is 380 g/mol. The van der Waals surface area contributed by atoms with Crippen molar-refractivity contribution in [2.24, 2.45) is 0 Å². The molecule has 0 unspecified atom stereocenters. The van der Waals surface area contributed by atoms with Gasteiger partial charge in [-0.1, -0.05) is 60.7 Å². The van der Waals surface area contributed by atoms with E-state index >= 15 is 0 Å². The maximum atomic E-state index is 13.6. The quantitative estimate of drug-likeness (QED) is 0.557. The Bertz CT molecular complexity index is 1200. The fourth-order valence-corrected chi connectivity index (χ4v) is 4.18. The third-order valence-corrected chi connectivity index (χ3v) is 5.42. The van der Waals surface area contributed by atoms with E-state index in [1.165, 1.54) is 13.8 Å². The Morgan fingerprint density at radius 2 is 1.24 bits per heavy atom. The van der Waals surface area contributed by atoms with Gasteiger partial charge in [-0.15, -0.1) is 0 Å². The van der Waals surface area contributed by atoms with Gasteiger partial charge >= 0.3 is 0 Å². The molecule has 142 valence electrons. The number of benzene rings is 3. The summed E-state index contributed by atoms with van der Waals surface area (Å²) in [6.07, 6.45) is 0. The largest absolute Gasteiger partial charge is 0.295 e. The van der Waals surface area contributed by atoms with E-state index in [1.807, 2.05) is 60.7 Å². The van der Waals surface area contributed by atoms with Crippen molar-refractivity contribution in [2.45, 2.75) is 20.8 Å². The number of hydrogen-bond donors (Lipinski definition) is 0. The maximum Gasteiger partial charge on any atom is 0.195 e. The van der Waals surface area contributed by atoms with Gasteiger partial charge in [-0.2, -0.15) is 0 Å². The topological polar surface area (TPSA) is 51.2 Å². The van der Waals surface area contributed by atoms with Crippen molar-refractivity contribution in [3.63, 3.8) is 0 Å². The molecule has 0 atom stereocenters. The summed E-state index contributed by atoms with van der Waals surface area (Å²) in [7, 11) is 0. The lowest BCUT2D eigenvalue weighted by Gasteiger charge is -2.14. The molecule has 0 aliphatic heterocycles. The Morgan fingerprint density at radius 3 is 1.72 bits per heavy atom. The van der Waals surface area contributed by atoms with Gasteiger partial charge in [-0.25, -0.2) is 0 Å². The second kappa shape index (κ2) is 7.10. The number of carbonyl (C=O) groups excluding carboxylic acids is 3. The minimum absolute atomic E-state index is 0.124. The normalized spacial score (nSPS) is 12.9. The first-order valence-corrected chi connectivity index (χ1v) is 9.51. The summed E-state index contributed by atoms with van der Waals surface area (Å²) in [6.45, 7) is 4.67. The molecular formula is C26H20O3. The first kappa shape index (κ1) is 18.8. The van der Waals surface area contributed by atoms with Crippen molar-refractivity contribution < 1.29 is 14.4 Å². The number of fused-ring (bicyclic) bond motifs is 1. The van der Waals surface area contributed by atoms with Crippen molar-refractivity contribution in [1.29, 1.82) is 0 Å². The van der Waals surface area contributed by atoms with E-state index in [1.54, 1.807) is 13.0 Å². The van der Waals surface area contributed by atoms with Gasteiger partial charge < -0.3 is 0 Å². The predicted molar refractivity (Wildman–Crippen MR) is 114 cm³/mol. The van der Waals surface area contributed by atoms with Crippen LogP contribution in [0.25, 0.3) is 11.1 Å². The van der Waals surface area contributed by atoms with Gasteiger partial charge in [-0.05, 0) is 49.1 Å². The molecule has 0 saturated heterocycles. The van der Waals surface area contributed by atoms with Crippen LogP contribution < -0.4 is 0 Å². The summed E-state index contributed by atoms with van der Waals surface area (Å²) in [5.74, 6) is -0.508. The smallest absolute Gasteiger partial charge is 0.195 e. The standard InChI is InChI=1S/C26H20O3/c1-15-20(16(2)27)14-21-23(18-10-6-4-7-11-18)24(19-12-8-5-9-13-19)26(29)25(21)22(15)17(3)28/h4-14H,1-3H3. The molecule has 1 aliphatic rings. The zero-order chi connectivity index (χ0) is 20.7. The van der Waals surface area contributed by atoms with Crippen molar-refractivity contribution in [2.75, 3.05) is 0 Å². The highest BCUT2D eigenvalue weighted by Crippen LogP contribution is 2.45. The van der Waals surface area contributed by atoms with Crippen LogP contribution in [-0.2, 0) is 0 Å². The molecule has 0 fully saturated rings. The molecule has 0 N–H and O–H groups in total. The van der Waals surface area contributed by atoms with Crippen LogP contribution >= 0.6 is 0 Å². The summed E-state index contributed by atoms with van der Waals surface area (Å²) >= 11 is 0. The second-order valence-electron chi connectivity index (χ2n) is 7.27. The lowest BCUT2D eigenvalue weighted by Crippen LogP contribution is -2.12. The third kappa shape index (κ3) is 2.95. The Labute approximate surface area is 169 Å². The zero-order valence-electron chi connectivity index (χ0n) is 16.6. The highest BCUT2D eigenvalue weighted by Gasteiger charge is 2.36. The average Bonchev–Trinajstić information content (AvgIpc) is 3.00. The van der Waals surface area contributed by atoms with Crippen molar-refractivity contribution in [3.05, 3.63) is 106 Å². The monoisotopic (exact) mass is 380 g/mol. The lowest BCUT2D eigenvalue weighted by molar-refractivity contribution is 0.0994. The van der Waals surface area contributed by atoms with E-state index in [9.17, 15) is 14.4 Å². The van der Waals surface area contributed by atoms with Crippen LogP contribution in [0.15, 0.2) is 66.7 Å². The summed E-state index contributed by atoms with van der Waals surface area (Å²) in [5.41, 5.74) is 5.45. The minimum atomic E-state index is -0.211. The lowest BCUT2D eigenvalue weighted by atomic mass is 9.87. The Balaban J connectivity index is 2.15. The van der Waals surface area contributed by atoms with Gasteiger partial charge in [0.05, 0.1) is 0 Å². The van der Waals surface area contributed by atoms with Crippen LogP contribution in [0.5, 0.6) is 0 Å². The van der Waals surface area contributed by atoms with E-state index in [-0.39, 0.29) is 17.3 Å². The molecular weight excluding hydrogens is 360 g/mol. The van der Waals surface area contributed by atoms with Crippen LogP contribution in [-0.4, -0.2) is 17.3 Å². The number of ketones is 3. The molecule has 0 amide bonds. The van der Waals surface area contributed by atoms with Crippen molar-refractivity contribution in [3.8, 4) is 0 Å². The number of Topliss-reactive ketones (excluding diaryl/α,β-unsaturated/α-hetero) is 3. The number of hydrogen-bond acceptors (Lipinski definition) is 3. The highest BCUT2D eigenvalue weighted by molar-refractivity contribution is 6.43. The molecule has 3 aromatic carbocycles. The van der Waals surface area contributed by atoms with Crippen LogP contribution in [0, 0.1) is 6.92 Å². The summed E-state index contributed by atoms with van der Waals surface area (Å²) in [4.78, 5) is 38.5. The Hall–Kier alpha value is -3.59. The molecule has 3 nitrogen and oxygen atoms in total. The van der Waals surface area contributed by atoms with Gasteiger partial charge in [0, 0.05) is 27.8 Å². The molecule has 4 rings (SSSR count). The first-order valence-electron chi connectivity index (χ1n) is 9.51. The second-order valence-corrected chi connectivity index (χ2v) is 7.27. The molecule has 0 spiro atoms. The molecule has 3 aromatic rings. The predicted octanol–water partition coefficient (Wildman–Crippen LogP) is 5.56. The van der Waals surface area contributed by atoms with Crippen molar-refractivity contribution in [1.82, 2.24) is 0 Å². The van der Waals surface area contributed by atoms with E-state index < -0.39 is 0 Å².